The van der Waals surface area contributed by atoms with Gasteiger partial charge in [-0.2, -0.15) is 0 Å². The van der Waals surface area contributed by atoms with Gasteiger partial charge >= 0.3 is 0 Å². The average molecular weight is 492 g/mol. The van der Waals surface area contributed by atoms with Gasteiger partial charge in [-0.1, -0.05) is 42.0 Å². The number of nitrogens with one attached hydrogen (secondary N) is 2. The number of carbonyl (C=O) groups excluding carboxylic acids is 2. The molecule has 3 aromatic carbocycles. The van der Waals surface area contributed by atoms with Crippen LogP contribution in [0.15, 0.2) is 71.6 Å². The predicted octanol–water partition coefficient (Wildman–Crippen LogP) is 6.38. The molecule has 0 aliphatic rings. The molecule has 2 N–H and O–H groups in total. The minimum atomic E-state index is -0.301. The summed E-state index contributed by atoms with van der Waals surface area (Å²) >= 11 is 2.88. The lowest BCUT2D eigenvalue weighted by Gasteiger charge is -2.14. The van der Waals surface area contributed by atoms with Crippen molar-refractivity contribution < 1.29 is 14.3 Å². The lowest BCUT2D eigenvalue weighted by atomic mass is 10.1. The van der Waals surface area contributed by atoms with E-state index in [1.54, 1.807) is 19.2 Å². The van der Waals surface area contributed by atoms with Gasteiger partial charge in [-0.25, -0.2) is 4.98 Å². The highest BCUT2D eigenvalue weighted by Gasteiger charge is 2.20. The number of amides is 2. The van der Waals surface area contributed by atoms with Crippen molar-refractivity contribution in [1.82, 2.24) is 4.98 Å². The highest BCUT2D eigenvalue weighted by atomic mass is 32.2. The van der Waals surface area contributed by atoms with Crippen molar-refractivity contribution >= 4 is 55.9 Å². The molecule has 0 fully saturated rings. The van der Waals surface area contributed by atoms with Crippen LogP contribution in [0.5, 0.6) is 5.75 Å². The molecule has 1 atom stereocenters. The molecule has 4 aromatic rings. The Hall–Kier alpha value is -3.36. The molecule has 0 saturated carbocycles. The van der Waals surface area contributed by atoms with E-state index in [1.807, 2.05) is 68.4 Å². The summed E-state index contributed by atoms with van der Waals surface area (Å²) in [6, 6.07) is 20.6. The number of nitrogens with zero attached hydrogens (tertiary/aromatic N) is 1. The van der Waals surface area contributed by atoms with Gasteiger partial charge in [0.25, 0.3) is 5.91 Å². The molecular formula is C26H25N3O3S2. The summed E-state index contributed by atoms with van der Waals surface area (Å²) in [6.07, 6.45) is 0.648. The minimum Gasteiger partial charge on any atom is -0.497 e. The third kappa shape index (κ3) is 5.76. The van der Waals surface area contributed by atoms with Crippen LogP contribution in [0.25, 0.3) is 10.2 Å². The molecule has 1 unspecified atom stereocenters. The van der Waals surface area contributed by atoms with Crippen LogP contribution < -0.4 is 15.4 Å². The fourth-order valence-electron chi connectivity index (χ4n) is 3.31. The largest absolute Gasteiger partial charge is 0.497 e. The van der Waals surface area contributed by atoms with E-state index in [4.69, 9.17) is 4.74 Å². The summed E-state index contributed by atoms with van der Waals surface area (Å²) < 4.78 is 6.21. The second kappa shape index (κ2) is 10.7. The number of methoxy groups -OCH3 is 1. The summed E-state index contributed by atoms with van der Waals surface area (Å²) in [4.78, 5) is 30.9. The molecule has 6 nitrogen and oxygen atoms in total. The number of anilines is 2. The maximum atomic E-state index is 13.0. The molecule has 8 heteroatoms. The summed E-state index contributed by atoms with van der Waals surface area (Å²) in [5.41, 5.74) is 3.21. The van der Waals surface area contributed by atoms with Gasteiger partial charge in [0.1, 0.15) is 5.75 Å². The number of hydrogen-bond donors (Lipinski definition) is 2. The lowest BCUT2D eigenvalue weighted by Crippen LogP contribution is -2.24. The Morgan fingerprint density at radius 2 is 1.85 bits per heavy atom. The first kappa shape index (κ1) is 23.8. The van der Waals surface area contributed by atoms with Crippen molar-refractivity contribution in [2.24, 2.45) is 0 Å². The average Bonchev–Trinajstić information content (AvgIpc) is 3.24. The molecule has 0 radical (unpaired) electrons. The number of carbonyl (C=O) groups is 2. The third-order valence-corrected chi connectivity index (χ3v) is 7.46. The number of hydrogen-bond acceptors (Lipinski definition) is 6. The van der Waals surface area contributed by atoms with E-state index in [9.17, 15) is 9.59 Å². The molecule has 2 amide bonds. The predicted molar refractivity (Wildman–Crippen MR) is 140 cm³/mol. The number of rotatable bonds is 8. The second-order valence-corrected chi connectivity index (χ2v) is 10.0. The quantitative estimate of drug-likeness (QED) is 0.280. The molecular weight excluding hydrogens is 466 g/mol. The van der Waals surface area contributed by atoms with Crippen LogP contribution in [-0.4, -0.2) is 29.2 Å². The number of ether oxygens (including phenoxy) is 1. The fraction of sp³-hybridized carbons (Fsp3) is 0.192. The van der Waals surface area contributed by atoms with Gasteiger partial charge < -0.3 is 15.4 Å². The smallest absolute Gasteiger partial charge is 0.255 e. The van der Waals surface area contributed by atoms with E-state index in [-0.39, 0.29) is 17.1 Å². The zero-order chi connectivity index (χ0) is 24.1. The molecule has 0 aliphatic heterocycles. The maximum absolute atomic E-state index is 13.0. The summed E-state index contributed by atoms with van der Waals surface area (Å²) in [5, 5.41) is 6.14. The third-order valence-electron chi connectivity index (χ3n) is 5.17. The molecule has 0 spiro atoms. The SMILES string of the molecule is CCC(Sc1cccc(NC(=O)c2ccc(C)cc2)c1)C(=O)Nc1nc2ccc(OC)cc2s1. The first-order valence-electron chi connectivity index (χ1n) is 10.9. The van der Waals surface area contributed by atoms with Gasteiger partial charge in [0.15, 0.2) is 5.13 Å². The van der Waals surface area contributed by atoms with Gasteiger partial charge in [0.05, 0.1) is 22.6 Å². The van der Waals surface area contributed by atoms with Crippen molar-refractivity contribution in [1.29, 1.82) is 0 Å². The van der Waals surface area contributed by atoms with Crippen molar-refractivity contribution in [3.8, 4) is 5.75 Å². The van der Waals surface area contributed by atoms with Crippen LogP contribution in [0.1, 0.15) is 29.3 Å². The molecule has 0 aliphatic carbocycles. The molecule has 0 bridgehead atoms. The van der Waals surface area contributed by atoms with Crippen LogP contribution in [0.4, 0.5) is 10.8 Å². The van der Waals surface area contributed by atoms with Crippen molar-refractivity contribution in [3.63, 3.8) is 0 Å². The number of fused-ring (bicyclic) bond motifs is 1. The van der Waals surface area contributed by atoms with E-state index in [1.165, 1.54) is 23.1 Å². The zero-order valence-corrected chi connectivity index (χ0v) is 20.8. The number of thioether (sulfide) groups is 1. The monoisotopic (exact) mass is 491 g/mol. The van der Waals surface area contributed by atoms with E-state index >= 15 is 0 Å². The highest BCUT2D eigenvalue weighted by molar-refractivity contribution is 8.00. The Balaban J connectivity index is 1.42. The normalized spacial score (nSPS) is 11.7. The van der Waals surface area contributed by atoms with Crippen LogP contribution in [0.3, 0.4) is 0 Å². The molecule has 1 aromatic heterocycles. The molecule has 4 rings (SSSR count). The summed E-state index contributed by atoms with van der Waals surface area (Å²) in [6.45, 7) is 3.96. The first-order chi connectivity index (χ1) is 16.4. The number of thiazole rings is 1. The van der Waals surface area contributed by atoms with Crippen LogP contribution in [0, 0.1) is 6.92 Å². The Kier molecular flexibility index (Phi) is 7.49. The van der Waals surface area contributed by atoms with Gasteiger partial charge in [0.2, 0.25) is 5.91 Å². The van der Waals surface area contributed by atoms with Crippen molar-refractivity contribution in [3.05, 3.63) is 77.9 Å². The first-order valence-corrected chi connectivity index (χ1v) is 12.5. The summed E-state index contributed by atoms with van der Waals surface area (Å²) in [5.74, 6) is 0.484. The van der Waals surface area contributed by atoms with E-state index in [0.29, 0.717) is 22.8 Å². The van der Waals surface area contributed by atoms with Crippen LogP contribution in [0.2, 0.25) is 0 Å². The van der Waals surface area contributed by atoms with E-state index in [0.717, 1.165) is 26.4 Å². The standard InChI is InChI=1S/C26H25N3O3S2/c1-4-22(25(31)29-26-28-21-13-12-19(32-3)15-23(21)34-26)33-20-7-5-6-18(14-20)27-24(30)17-10-8-16(2)9-11-17/h5-15,22H,4H2,1-3H3,(H,27,30)(H,28,29,31). The Labute approximate surface area is 206 Å². The minimum absolute atomic E-state index is 0.104. The summed E-state index contributed by atoms with van der Waals surface area (Å²) in [7, 11) is 1.62. The Bertz CT molecular complexity index is 1320. The molecule has 34 heavy (non-hydrogen) atoms. The van der Waals surface area contributed by atoms with Gasteiger partial charge in [-0.3, -0.25) is 9.59 Å². The topological polar surface area (TPSA) is 80.3 Å². The molecule has 174 valence electrons. The highest BCUT2D eigenvalue weighted by Crippen LogP contribution is 2.32. The number of aromatic nitrogens is 1. The lowest BCUT2D eigenvalue weighted by molar-refractivity contribution is -0.115. The van der Waals surface area contributed by atoms with E-state index in [2.05, 4.69) is 15.6 Å². The van der Waals surface area contributed by atoms with Gasteiger partial charge in [0, 0.05) is 16.1 Å². The van der Waals surface area contributed by atoms with Gasteiger partial charge in [-0.05, 0) is 61.9 Å². The number of benzene rings is 3. The second-order valence-electron chi connectivity index (χ2n) is 7.70. The van der Waals surface area contributed by atoms with Crippen molar-refractivity contribution in [2.45, 2.75) is 30.4 Å². The maximum Gasteiger partial charge on any atom is 0.255 e. The van der Waals surface area contributed by atoms with Gasteiger partial charge in [-0.15, -0.1) is 11.8 Å². The van der Waals surface area contributed by atoms with E-state index < -0.39 is 0 Å². The Morgan fingerprint density at radius 3 is 2.59 bits per heavy atom. The molecule has 1 heterocycles. The van der Waals surface area contributed by atoms with Crippen LogP contribution >= 0.6 is 23.1 Å². The zero-order valence-electron chi connectivity index (χ0n) is 19.1. The number of aryl methyl sites for hydroxylation is 1. The van der Waals surface area contributed by atoms with Crippen molar-refractivity contribution in [2.75, 3.05) is 17.7 Å². The van der Waals surface area contributed by atoms with Crippen LogP contribution in [-0.2, 0) is 4.79 Å². The Morgan fingerprint density at radius 1 is 1.06 bits per heavy atom. The fourth-order valence-corrected chi connectivity index (χ4v) is 5.22. The molecule has 0 saturated heterocycles.